The summed E-state index contributed by atoms with van der Waals surface area (Å²) in [5.74, 6) is 0.581. The lowest BCUT2D eigenvalue weighted by Crippen LogP contribution is -2.02. The van der Waals surface area contributed by atoms with Crippen LogP contribution in [0.4, 0.5) is 21.8 Å². The lowest BCUT2D eigenvalue weighted by Gasteiger charge is -2.09. The van der Waals surface area contributed by atoms with Crippen LogP contribution in [-0.4, -0.2) is 17.1 Å². The largest absolute Gasteiger partial charge is 0.481 e. The van der Waals surface area contributed by atoms with E-state index in [1.807, 2.05) is 0 Å². The topological polar surface area (TPSA) is 73.1 Å². The molecule has 0 bridgehead atoms. The Kier molecular flexibility index (Phi) is 3.61. The van der Waals surface area contributed by atoms with E-state index in [-0.39, 0.29) is 11.8 Å². The molecule has 1 heterocycles. The molecule has 0 fully saturated rings. The zero-order chi connectivity index (χ0) is 13.1. The highest BCUT2D eigenvalue weighted by Gasteiger charge is 2.06. The second-order valence-corrected chi connectivity index (χ2v) is 4.26. The Hall–Kier alpha value is -1.89. The highest BCUT2D eigenvalue weighted by atomic mass is 79.9. The first-order chi connectivity index (χ1) is 8.58. The maximum Gasteiger partial charge on any atom is 0.225 e. The molecular formula is C11H10BrFN4O. The highest BCUT2D eigenvalue weighted by Crippen LogP contribution is 2.27. The van der Waals surface area contributed by atoms with E-state index < -0.39 is 0 Å². The molecular weight excluding hydrogens is 303 g/mol. The number of halogens is 2. The zero-order valence-corrected chi connectivity index (χ0v) is 11.0. The van der Waals surface area contributed by atoms with Gasteiger partial charge in [-0.25, -0.2) is 4.39 Å². The second kappa shape index (κ2) is 5.18. The summed E-state index contributed by atoms with van der Waals surface area (Å²) in [6, 6.07) is 5.87. The number of nitrogens with one attached hydrogen (secondary N) is 1. The number of aromatic nitrogens is 2. The van der Waals surface area contributed by atoms with Gasteiger partial charge in [0.2, 0.25) is 11.8 Å². The maximum absolute atomic E-state index is 12.9. The zero-order valence-electron chi connectivity index (χ0n) is 9.45. The average molecular weight is 313 g/mol. The summed E-state index contributed by atoms with van der Waals surface area (Å²) in [5, 5.41) is 2.99. The van der Waals surface area contributed by atoms with Crippen molar-refractivity contribution >= 4 is 33.4 Å². The van der Waals surface area contributed by atoms with Gasteiger partial charge in [-0.1, -0.05) is 0 Å². The Bertz CT molecular complexity index is 579. The molecule has 0 aliphatic carbocycles. The Morgan fingerprint density at radius 3 is 2.78 bits per heavy atom. The van der Waals surface area contributed by atoms with Crippen molar-refractivity contribution < 1.29 is 9.13 Å². The number of hydrogen-bond acceptors (Lipinski definition) is 5. The van der Waals surface area contributed by atoms with Crippen LogP contribution in [-0.2, 0) is 0 Å². The van der Waals surface area contributed by atoms with E-state index in [1.165, 1.54) is 19.2 Å². The molecule has 0 spiro atoms. The molecule has 0 unspecified atom stereocenters. The van der Waals surface area contributed by atoms with Gasteiger partial charge >= 0.3 is 0 Å². The van der Waals surface area contributed by atoms with Crippen LogP contribution in [0.5, 0.6) is 5.88 Å². The fourth-order valence-corrected chi connectivity index (χ4v) is 1.79. The number of benzene rings is 1. The molecule has 2 aromatic rings. The monoisotopic (exact) mass is 312 g/mol. The maximum atomic E-state index is 12.9. The summed E-state index contributed by atoms with van der Waals surface area (Å²) in [6.45, 7) is 0. The number of nitrogens with two attached hydrogens (primary N) is 1. The molecule has 7 heteroatoms. The third kappa shape index (κ3) is 2.86. The predicted octanol–water partition coefficient (Wildman–Crippen LogP) is 2.71. The fraction of sp³-hybridized carbons (Fsp3) is 0.0909. The SMILES string of the molecule is COc1cc(Nc2ccc(F)cc2Br)nc(N)n1. The van der Waals surface area contributed by atoms with E-state index in [4.69, 9.17) is 10.5 Å². The summed E-state index contributed by atoms with van der Waals surface area (Å²) in [5.41, 5.74) is 6.20. The van der Waals surface area contributed by atoms with Crippen LogP contribution in [0.3, 0.4) is 0 Å². The molecule has 0 aliphatic rings. The molecule has 3 N–H and O–H groups in total. The van der Waals surface area contributed by atoms with Gasteiger partial charge in [0.25, 0.3) is 0 Å². The predicted molar refractivity (Wildman–Crippen MR) is 70.4 cm³/mol. The minimum atomic E-state index is -0.327. The van der Waals surface area contributed by atoms with Gasteiger partial charge < -0.3 is 15.8 Å². The van der Waals surface area contributed by atoms with E-state index in [0.29, 0.717) is 21.9 Å². The van der Waals surface area contributed by atoms with Crippen LogP contribution in [0.2, 0.25) is 0 Å². The molecule has 18 heavy (non-hydrogen) atoms. The van der Waals surface area contributed by atoms with E-state index in [1.54, 1.807) is 12.1 Å². The Labute approximate surface area is 111 Å². The van der Waals surface area contributed by atoms with Crippen LogP contribution in [0.15, 0.2) is 28.7 Å². The first-order valence-corrected chi connectivity index (χ1v) is 5.78. The smallest absolute Gasteiger partial charge is 0.225 e. The molecule has 5 nitrogen and oxygen atoms in total. The molecule has 0 saturated heterocycles. The summed E-state index contributed by atoms with van der Waals surface area (Å²) in [7, 11) is 1.49. The lowest BCUT2D eigenvalue weighted by molar-refractivity contribution is 0.398. The number of rotatable bonds is 3. The Morgan fingerprint density at radius 2 is 2.11 bits per heavy atom. The lowest BCUT2D eigenvalue weighted by atomic mass is 10.3. The number of nitrogen functional groups attached to an aromatic ring is 1. The van der Waals surface area contributed by atoms with E-state index in [0.717, 1.165) is 0 Å². The van der Waals surface area contributed by atoms with Crippen LogP contribution < -0.4 is 15.8 Å². The Morgan fingerprint density at radius 1 is 1.33 bits per heavy atom. The molecule has 1 aromatic heterocycles. The van der Waals surface area contributed by atoms with Gasteiger partial charge in [0.05, 0.1) is 12.8 Å². The van der Waals surface area contributed by atoms with Crippen molar-refractivity contribution in [1.82, 2.24) is 9.97 Å². The van der Waals surface area contributed by atoms with Crippen molar-refractivity contribution in [2.24, 2.45) is 0 Å². The van der Waals surface area contributed by atoms with Gasteiger partial charge in [-0.2, -0.15) is 9.97 Å². The molecule has 0 amide bonds. The normalized spacial score (nSPS) is 10.2. The van der Waals surface area contributed by atoms with Crippen molar-refractivity contribution in [2.75, 3.05) is 18.2 Å². The standard InChI is InChI=1S/C11H10BrFN4O/c1-18-10-5-9(16-11(14)17-10)15-8-3-2-6(13)4-7(8)12/h2-5H,1H3,(H3,14,15,16,17). The first kappa shape index (κ1) is 12.6. The van der Waals surface area contributed by atoms with Crippen molar-refractivity contribution in [2.45, 2.75) is 0 Å². The van der Waals surface area contributed by atoms with Crippen LogP contribution in [0.1, 0.15) is 0 Å². The molecule has 2 rings (SSSR count). The minimum Gasteiger partial charge on any atom is -0.481 e. The fourth-order valence-electron chi connectivity index (χ4n) is 1.34. The number of anilines is 3. The van der Waals surface area contributed by atoms with E-state index in [2.05, 4.69) is 31.2 Å². The van der Waals surface area contributed by atoms with Gasteiger partial charge in [0.1, 0.15) is 11.6 Å². The average Bonchev–Trinajstić information content (AvgIpc) is 2.32. The summed E-state index contributed by atoms with van der Waals surface area (Å²) in [4.78, 5) is 7.86. The molecule has 1 aromatic carbocycles. The van der Waals surface area contributed by atoms with Crippen molar-refractivity contribution in [3.05, 3.63) is 34.6 Å². The summed E-state index contributed by atoms with van der Waals surface area (Å²) < 4.78 is 18.5. The third-order valence-electron chi connectivity index (χ3n) is 2.12. The highest BCUT2D eigenvalue weighted by molar-refractivity contribution is 9.10. The van der Waals surface area contributed by atoms with Gasteiger partial charge in [-0.05, 0) is 34.1 Å². The number of ether oxygens (including phenoxy) is 1. The minimum absolute atomic E-state index is 0.0927. The Balaban J connectivity index is 2.30. The van der Waals surface area contributed by atoms with E-state index >= 15 is 0 Å². The van der Waals surface area contributed by atoms with Crippen LogP contribution >= 0.6 is 15.9 Å². The number of hydrogen-bond donors (Lipinski definition) is 2. The van der Waals surface area contributed by atoms with Gasteiger partial charge in [-0.3, -0.25) is 0 Å². The molecule has 0 saturated carbocycles. The second-order valence-electron chi connectivity index (χ2n) is 3.40. The third-order valence-corrected chi connectivity index (χ3v) is 2.78. The molecule has 94 valence electrons. The van der Waals surface area contributed by atoms with Gasteiger partial charge in [-0.15, -0.1) is 0 Å². The molecule has 0 aliphatic heterocycles. The van der Waals surface area contributed by atoms with Gasteiger partial charge in [0, 0.05) is 10.5 Å². The van der Waals surface area contributed by atoms with Crippen molar-refractivity contribution in [1.29, 1.82) is 0 Å². The number of nitrogens with zero attached hydrogens (tertiary/aromatic N) is 2. The van der Waals surface area contributed by atoms with Crippen molar-refractivity contribution in [3.8, 4) is 5.88 Å². The number of methoxy groups -OCH3 is 1. The van der Waals surface area contributed by atoms with Gasteiger partial charge in [0.15, 0.2) is 0 Å². The molecule has 0 radical (unpaired) electrons. The van der Waals surface area contributed by atoms with Crippen molar-refractivity contribution in [3.63, 3.8) is 0 Å². The quantitative estimate of drug-likeness (QED) is 0.911. The van der Waals surface area contributed by atoms with Crippen LogP contribution in [0, 0.1) is 5.82 Å². The van der Waals surface area contributed by atoms with E-state index in [9.17, 15) is 4.39 Å². The first-order valence-electron chi connectivity index (χ1n) is 4.99. The van der Waals surface area contributed by atoms with Crippen LogP contribution in [0.25, 0.3) is 0 Å². The summed E-state index contributed by atoms with van der Waals surface area (Å²) in [6.07, 6.45) is 0. The molecule has 0 atom stereocenters. The summed E-state index contributed by atoms with van der Waals surface area (Å²) >= 11 is 3.25.